The van der Waals surface area contributed by atoms with Crippen LogP contribution in [0.4, 0.5) is 4.39 Å². The standard InChI is InChI=1S/C15H22FNO/c1-3-7-17-15(12-6-8-18-10-12)14-9-13(16)5-4-11(14)2/h4-5,9,12,15,17H,3,6-8,10H2,1-2H3. The summed E-state index contributed by atoms with van der Waals surface area (Å²) in [5.41, 5.74) is 2.23. The van der Waals surface area contributed by atoms with Crippen molar-refractivity contribution in [2.75, 3.05) is 19.8 Å². The molecule has 1 fully saturated rings. The molecule has 0 saturated carbocycles. The molecule has 1 aromatic rings. The molecule has 2 unspecified atom stereocenters. The largest absolute Gasteiger partial charge is 0.381 e. The highest BCUT2D eigenvalue weighted by atomic mass is 19.1. The summed E-state index contributed by atoms with van der Waals surface area (Å²) in [6, 6.07) is 5.27. The van der Waals surface area contributed by atoms with Gasteiger partial charge in [0.15, 0.2) is 0 Å². The minimum atomic E-state index is -0.155. The van der Waals surface area contributed by atoms with Crippen LogP contribution in [-0.4, -0.2) is 19.8 Å². The normalized spacial score (nSPS) is 21.2. The minimum absolute atomic E-state index is 0.155. The second-order valence-corrected chi connectivity index (χ2v) is 5.06. The van der Waals surface area contributed by atoms with Gasteiger partial charge in [-0.2, -0.15) is 0 Å². The Bertz CT molecular complexity index is 388. The average Bonchev–Trinajstić information content (AvgIpc) is 2.88. The fourth-order valence-electron chi connectivity index (χ4n) is 2.59. The summed E-state index contributed by atoms with van der Waals surface area (Å²) >= 11 is 0. The highest BCUT2D eigenvalue weighted by molar-refractivity contribution is 5.30. The van der Waals surface area contributed by atoms with Crippen LogP contribution in [0.2, 0.25) is 0 Å². The lowest BCUT2D eigenvalue weighted by atomic mass is 9.89. The first kappa shape index (κ1) is 13.5. The quantitative estimate of drug-likeness (QED) is 0.867. The summed E-state index contributed by atoms with van der Waals surface area (Å²) in [6.45, 7) is 6.75. The molecule has 0 aliphatic carbocycles. The van der Waals surface area contributed by atoms with Crippen molar-refractivity contribution >= 4 is 0 Å². The Morgan fingerprint density at radius 2 is 2.33 bits per heavy atom. The summed E-state index contributed by atoms with van der Waals surface area (Å²) < 4.78 is 18.9. The predicted octanol–water partition coefficient (Wildman–Crippen LogP) is 3.21. The van der Waals surface area contributed by atoms with Crippen LogP contribution in [0.3, 0.4) is 0 Å². The first-order chi connectivity index (χ1) is 8.72. The number of halogens is 1. The Morgan fingerprint density at radius 3 is 3.00 bits per heavy atom. The molecule has 1 heterocycles. The molecule has 1 N–H and O–H groups in total. The SMILES string of the molecule is CCCNC(c1cc(F)ccc1C)C1CCOC1. The zero-order valence-electron chi connectivity index (χ0n) is 11.2. The van der Waals surface area contributed by atoms with E-state index in [-0.39, 0.29) is 11.9 Å². The van der Waals surface area contributed by atoms with E-state index in [1.807, 2.05) is 13.0 Å². The molecule has 2 rings (SSSR count). The second kappa shape index (κ2) is 6.30. The van der Waals surface area contributed by atoms with Crippen molar-refractivity contribution in [3.05, 3.63) is 35.1 Å². The van der Waals surface area contributed by atoms with Gasteiger partial charge in [-0.05, 0) is 49.6 Å². The van der Waals surface area contributed by atoms with Crippen molar-refractivity contribution in [2.24, 2.45) is 5.92 Å². The predicted molar refractivity (Wildman–Crippen MR) is 71.1 cm³/mol. The third kappa shape index (κ3) is 3.09. The Hall–Kier alpha value is -0.930. The molecule has 1 aliphatic heterocycles. The number of benzene rings is 1. The highest BCUT2D eigenvalue weighted by Crippen LogP contribution is 2.31. The van der Waals surface area contributed by atoms with E-state index >= 15 is 0 Å². The molecule has 0 bridgehead atoms. The van der Waals surface area contributed by atoms with Crippen molar-refractivity contribution in [1.82, 2.24) is 5.32 Å². The van der Waals surface area contributed by atoms with Gasteiger partial charge in [-0.3, -0.25) is 0 Å². The van der Waals surface area contributed by atoms with Gasteiger partial charge in [-0.1, -0.05) is 13.0 Å². The van der Waals surface area contributed by atoms with Crippen LogP contribution in [0.5, 0.6) is 0 Å². The van der Waals surface area contributed by atoms with Crippen LogP contribution in [0.1, 0.15) is 36.9 Å². The van der Waals surface area contributed by atoms with Crippen LogP contribution in [0.15, 0.2) is 18.2 Å². The lowest BCUT2D eigenvalue weighted by Gasteiger charge is -2.26. The van der Waals surface area contributed by atoms with Crippen molar-refractivity contribution in [2.45, 2.75) is 32.7 Å². The van der Waals surface area contributed by atoms with Gasteiger partial charge in [-0.25, -0.2) is 4.39 Å². The Labute approximate surface area is 109 Å². The third-order valence-corrected chi connectivity index (χ3v) is 3.63. The van der Waals surface area contributed by atoms with E-state index < -0.39 is 0 Å². The topological polar surface area (TPSA) is 21.3 Å². The molecule has 1 aromatic carbocycles. The van der Waals surface area contributed by atoms with Crippen LogP contribution in [0.25, 0.3) is 0 Å². The van der Waals surface area contributed by atoms with E-state index in [1.54, 1.807) is 6.07 Å². The van der Waals surface area contributed by atoms with Crippen LogP contribution in [0, 0.1) is 18.7 Å². The first-order valence-corrected chi connectivity index (χ1v) is 6.79. The van der Waals surface area contributed by atoms with Crippen molar-refractivity contribution in [3.63, 3.8) is 0 Å². The van der Waals surface area contributed by atoms with E-state index in [2.05, 4.69) is 12.2 Å². The van der Waals surface area contributed by atoms with Crippen LogP contribution < -0.4 is 5.32 Å². The lowest BCUT2D eigenvalue weighted by molar-refractivity contribution is 0.176. The van der Waals surface area contributed by atoms with E-state index in [9.17, 15) is 4.39 Å². The van der Waals surface area contributed by atoms with Gasteiger partial charge in [0.2, 0.25) is 0 Å². The van der Waals surface area contributed by atoms with Gasteiger partial charge in [0.25, 0.3) is 0 Å². The fraction of sp³-hybridized carbons (Fsp3) is 0.600. The maximum Gasteiger partial charge on any atom is 0.123 e. The molecule has 1 aliphatic rings. The summed E-state index contributed by atoms with van der Waals surface area (Å²) in [4.78, 5) is 0. The van der Waals surface area contributed by atoms with E-state index in [1.165, 1.54) is 6.07 Å². The Morgan fingerprint density at radius 1 is 1.50 bits per heavy atom. The summed E-state index contributed by atoms with van der Waals surface area (Å²) in [7, 11) is 0. The first-order valence-electron chi connectivity index (χ1n) is 6.79. The number of nitrogens with one attached hydrogen (secondary N) is 1. The number of rotatable bonds is 5. The average molecular weight is 251 g/mol. The van der Waals surface area contributed by atoms with Gasteiger partial charge in [0, 0.05) is 18.6 Å². The lowest BCUT2D eigenvalue weighted by Crippen LogP contribution is -2.30. The molecule has 0 amide bonds. The van der Waals surface area contributed by atoms with E-state index in [0.29, 0.717) is 5.92 Å². The molecule has 3 heteroatoms. The van der Waals surface area contributed by atoms with Gasteiger partial charge in [0.1, 0.15) is 5.82 Å². The zero-order valence-corrected chi connectivity index (χ0v) is 11.2. The summed E-state index contributed by atoms with van der Waals surface area (Å²) in [6.07, 6.45) is 2.13. The number of hydrogen-bond acceptors (Lipinski definition) is 2. The molecule has 0 aromatic heterocycles. The number of aryl methyl sites for hydroxylation is 1. The van der Waals surface area contributed by atoms with E-state index in [4.69, 9.17) is 4.74 Å². The Kier molecular flexibility index (Phi) is 4.72. The maximum absolute atomic E-state index is 13.5. The molecule has 1 saturated heterocycles. The van der Waals surface area contributed by atoms with Crippen molar-refractivity contribution in [1.29, 1.82) is 0 Å². The van der Waals surface area contributed by atoms with Gasteiger partial charge < -0.3 is 10.1 Å². The molecular weight excluding hydrogens is 229 g/mol. The molecule has 100 valence electrons. The third-order valence-electron chi connectivity index (χ3n) is 3.63. The summed E-state index contributed by atoms with van der Waals surface area (Å²) in [5, 5.41) is 3.55. The fourth-order valence-corrected chi connectivity index (χ4v) is 2.59. The second-order valence-electron chi connectivity index (χ2n) is 5.06. The molecule has 2 atom stereocenters. The highest BCUT2D eigenvalue weighted by Gasteiger charge is 2.27. The number of ether oxygens (including phenoxy) is 1. The van der Waals surface area contributed by atoms with Gasteiger partial charge in [0.05, 0.1) is 6.61 Å². The van der Waals surface area contributed by atoms with Crippen molar-refractivity contribution in [3.8, 4) is 0 Å². The minimum Gasteiger partial charge on any atom is -0.381 e. The monoisotopic (exact) mass is 251 g/mol. The van der Waals surface area contributed by atoms with Crippen LogP contribution in [-0.2, 0) is 4.74 Å². The summed E-state index contributed by atoms with van der Waals surface area (Å²) in [5.74, 6) is 0.301. The molecule has 0 spiro atoms. The number of hydrogen-bond donors (Lipinski definition) is 1. The van der Waals surface area contributed by atoms with Gasteiger partial charge >= 0.3 is 0 Å². The molecule has 18 heavy (non-hydrogen) atoms. The maximum atomic E-state index is 13.5. The molecule has 2 nitrogen and oxygen atoms in total. The smallest absolute Gasteiger partial charge is 0.123 e. The Balaban J connectivity index is 2.23. The zero-order chi connectivity index (χ0) is 13.0. The molecular formula is C15H22FNO. The van der Waals surface area contributed by atoms with E-state index in [0.717, 1.165) is 43.7 Å². The molecule has 0 radical (unpaired) electrons. The van der Waals surface area contributed by atoms with Crippen LogP contribution >= 0.6 is 0 Å². The van der Waals surface area contributed by atoms with Gasteiger partial charge in [-0.15, -0.1) is 0 Å². The van der Waals surface area contributed by atoms with Crippen molar-refractivity contribution < 1.29 is 9.13 Å².